The summed E-state index contributed by atoms with van der Waals surface area (Å²) >= 11 is 0. The number of carbonyl (C=O) groups excluding carboxylic acids is 2. The minimum atomic E-state index is -1.29. The summed E-state index contributed by atoms with van der Waals surface area (Å²) < 4.78 is 10.6. The van der Waals surface area contributed by atoms with E-state index < -0.39 is 28.9 Å². The Kier molecular flexibility index (Phi) is 7.46. The molecule has 3 N–H and O–H groups in total. The van der Waals surface area contributed by atoms with Crippen LogP contribution in [0.15, 0.2) is 124 Å². The molecule has 0 aliphatic rings. The molecule has 2 amide bonds. The monoisotopic (exact) mass is 532 g/mol. The van der Waals surface area contributed by atoms with Crippen LogP contribution in [0.25, 0.3) is 11.0 Å². The fraction of sp³-hybridized carbons (Fsp3) is 0.121. The molecule has 7 nitrogen and oxygen atoms in total. The number of methoxy groups -OCH3 is 1. The summed E-state index contributed by atoms with van der Waals surface area (Å²) in [5.41, 5.74) is 6.98. The third kappa shape index (κ3) is 4.97. The normalized spacial score (nSPS) is 12.0. The Balaban J connectivity index is 1.62. The number of carbonyl (C=O) groups is 2. The third-order valence-corrected chi connectivity index (χ3v) is 7.07. The standard InChI is InChI=1S/C33H28N2O5/c1-39-26-17-18-27-22(20-30(36)40-29(27)21-26)19-28(31(34)37)35-32(38)33(23-11-5-2-6-12-23,24-13-7-3-8-14-24)25-15-9-4-10-16-25/h2-18,20-21,28H,19H2,1H3,(H2,34,37)(H,35,38)/t28-/m1/s1. The average molecular weight is 533 g/mol. The number of benzene rings is 4. The Bertz CT molecular complexity index is 1600. The van der Waals surface area contributed by atoms with Crippen LogP contribution < -0.4 is 21.4 Å². The average Bonchev–Trinajstić information content (AvgIpc) is 2.98. The molecular weight excluding hydrogens is 504 g/mol. The van der Waals surface area contributed by atoms with Crippen molar-refractivity contribution in [1.29, 1.82) is 0 Å². The molecule has 5 rings (SSSR count). The minimum Gasteiger partial charge on any atom is -0.497 e. The topological polar surface area (TPSA) is 112 Å². The van der Waals surface area contributed by atoms with Gasteiger partial charge in [-0.3, -0.25) is 9.59 Å². The van der Waals surface area contributed by atoms with Crippen LogP contribution in [0.1, 0.15) is 22.3 Å². The fourth-order valence-corrected chi connectivity index (χ4v) is 5.17. The zero-order valence-electron chi connectivity index (χ0n) is 21.9. The summed E-state index contributed by atoms with van der Waals surface area (Å²) in [6.45, 7) is 0. The molecule has 0 aliphatic heterocycles. The first-order chi connectivity index (χ1) is 19.4. The van der Waals surface area contributed by atoms with Gasteiger partial charge in [0.1, 0.15) is 22.8 Å². The van der Waals surface area contributed by atoms with E-state index in [0.717, 1.165) is 16.7 Å². The van der Waals surface area contributed by atoms with E-state index in [2.05, 4.69) is 5.32 Å². The Morgan fingerprint density at radius 2 is 1.35 bits per heavy atom. The van der Waals surface area contributed by atoms with Crippen molar-refractivity contribution < 1.29 is 18.7 Å². The highest BCUT2D eigenvalue weighted by Crippen LogP contribution is 2.39. The maximum absolute atomic E-state index is 14.6. The van der Waals surface area contributed by atoms with E-state index in [0.29, 0.717) is 22.3 Å². The number of nitrogens with two attached hydrogens (primary N) is 1. The van der Waals surface area contributed by atoms with E-state index in [1.165, 1.54) is 13.2 Å². The van der Waals surface area contributed by atoms with Gasteiger partial charge in [0.05, 0.1) is 7.11 Å². The summed E-state index contributed by atoms with van der Waals surface area (Å²) in [7, 11) is 1.51. The number of hydrogen-bond donors (Lipinski definition) is 2. The van der Waals surface area contributed by atoms with Gasteiger partial charge in [-0.2, -0.15) is 0 Å². The van der Waals surface area contributed by atoms with Crippen molar-refractivity contribution >= 4 is 22.8 Å². The largest absolute Gasteiger partial charge is 0.497 e. The molecule has 1 aromatic heterocycles. The SMILES string of the molecule is COc1ccc2c(C[C@@H](NC(=O)C(c3ccccc3)(c3ccccc3)c3ccccc3)C(N)=O)cc(=O)oc2c1. The number of fused-ring (bicyclic) bond motifs is 1. The van der Waals surface area contributed by atoms with E-state index in [1.54, 1.807) is 18.2 Å². The Hall–Kier alpha value is -5.17. The van der Waals surface area contributed by atoms with Crippen LogP contribution in [0.5, 0.6) is 5.75 Å². The lowest BCUT2D eigenvalue weighted by Gasteiger charge is -2.35. The summed E-state index contributed by atoms with van der Waals surface area (Å²) in [6, 6.07) is 33.5. The van der Waals surface area contributed by atoms with Crippen molar-refractivity contribution in [2.45, 2.75) is 17.9 Å². The second kappa shape index (κ2) is 11.3. The van der Waals surface area contributed by atoms with E-state index >= 15 is 0 Å². The van der Waals surface area contributed by atoms with Crippen LogP contribution in [-0.4, -0.2) is 25.0 Å². The molecule has 0 unspecified atom stereocenters. The molecule has 200 valence electrons. The second-order valence-corrected chi connectivity index (χ2v) is 9.43. The number of ether oxygens (including phenoxy) is 1. The van der Waals surface area contributed by atoms with Crippen LogP contribution in [0.3, 0.4) is 0 Å². The Labute approximate surface area is 231 Å². The predicted octanol–water partition coefficient (Wildman–Crippen LogP) is 4.35. The highest BCUT2D eigenvalue weighted by atomic mass is 16.5. The first-order valence-corrected chi connectivity index (χ1v) is 12.8. The van der Waals surface area contributed by atoms with Crippen LogP contribution in [0.4, 0.5) is 0 Å². The first-order valence-electron chi connectivity index (χ1n) is 12.8. The number of primary amides is 1. The van der Waals surface area contributed by atoms with Gasteiger partial charge in [0.2, 0.25) is 11.8 Å². The van der Waals surface area contributed by atoms with Gasteiger partial charge >= 0.3 is 5.63 Å². The lowest BCUT2D eigenvalue weighted by Crippen LogP contribution is -2.54. The van der Waals surface area contributed by atoms with Gasteiger partial charge in [-0.25, -0.2) is 4.79 Å². The lowest BCUT2D eigenvalue weighted by atomic mass is 9.68. The summed E-state index contributed by atoms with van der Waals surface area (Å²) in [6.07, 6.45) is -0.00997. The molecule has 0 bridgehead atoms. The van der Waals surface area contributed by atoms with Gasteiger partial charge in [0.25, 0.3) is 0 Å². The van der Waals surface area contributed by atoms with Gasteiger partial charge in [-0.15, -0.1) is 0 Å². The molecule has 1 heterocycles. The maximum atomic E-state index is 14.6. The van der Waals surface area contributed by atoms with E-state index in [4.69, 9.17) is 14.9 Å². The molecule has 0 saturated heterocycles. The van der Waals surface area contributed by atoms with Gasteiger partial charge in [0, 0.05) is 23.9 Å². The van der Waals surface area contributed by atoms with Gasteiger partial charge in [0.15, 0.2) is 0 Å². The maximum Gasteiger partial charge on any atom is 0.336 e. The lowest BCUT2D eigenvalue weighted by molar-refractivity contribution is -0.129. The minimum absolute atomic E-state index is 0.00997. The van der Waals surface area contributed by atoms with Crippen molar-refractivity contribution in [2.24, 2.45) is 5.73 Å². The number of nitrogens with one attached hydrogen (secondary N) is 1. The highest BCUT2D eigenvalue weighted by Gasteiger charge is 2.44. The number of hydrogen-bond acceptors (Lipinski definition) is 5. The molecular formula is C33H28N2O5. The predicted molar refractivity (Wildman–Crippen MR) is 153 cm³/mol. The Morgan fingerprint density at radius 1 is 0.825 bits per heavy atom. The summed E-state index contributed by atoms with van der Waals surface area (Å²) in [5, 5.41) is 3.55. The number of amides is 2. The summed E-state index contributed by atoms with van der Waals surface area (Å²) in [5.74, 6) is -0.633. The molecule has 7 heteroatoms. The van der Waals surface area contributed by atoms with E-state index in [9.17, 15) is 14.4 Å². The fourth-order valence-electron chi connectivity index (χ4n) is 5.17. The van der Waals surface area contributed by atoms with E-state index in [-0.39, 0.29) is 6.42 Å². The van der Waals surface area contributed by atoms with Crippen molar-refractivity contribution in [3.8, 4) is 5.75 Å². The molecule has 1 atom stereocenters. The second-order valence-electron chi connectivity index (χ2n) is 9.43. The van der Waals surface area contributed by atoms with Crippen LogP contribution in [0, 0.1) is 0 Å². The molecule has 0 saturated carbocycles. The first kappa shape index (κ1) is 26.4. The molecule has 0 aliphatic carbocycles. The molecule has 5 aromatic rings. The quantitative estimate of drug-likeness (QED) is 0.217. The van der Waals surface area contributed by atoms with Crippen LogP contribution >= 0.6 is 0 Å². The summed E-state index contributed by atoms with van der Waals surface area (Å²) in [4.78, 5) is 39.7. The molecule has 4 aromatic carbocycles. The van der Waals surface area contributed by atoms with Crippen molar-refractivity contribution in [3.63, 3.8) is 0 Å². The van der Waals surface area contributed by atoms with Gasteiger partial charge in [-0.1, -0.05) is 91.0 Å². The molecule has 40 heavy (non-hydrogen) atoms. The zero-order chi connectivity index (χ0) is 28.1. The number of rotatable bonds is 9. The van der Waals surface area contributed by atoms with Gasteiger partial charge in [-0.05, 0) is 34.4 Å². The van der Waals surface area contributed by atoms with Gasteiger partial charge < -0.3 is 20.2 Å². The molecule has 0 radical (unpaired) electrons. The smallest absolute Gasteiger partial charge is 0.336 e. The van der Waals surface area contributed by atoms with Crippen LogP contribution in [-0.2, 0) is 21.4 Å². The molecule has 0 spiro atoms. The van der Waals surface area contributed by atoms with Crippen molar-refractivity contribution in [2.75, 3.05) is 7.11 Å². The van der Waals surface area contributed by atoms with Crippen molar-refractivity contribution in [1.82, 2.24) is 5.32 Å². The van der Waals surface area contributed by atoms with Crippen LogP contribution in [0.2, 0.25) is 0 Å². The Morgan fingerprint density at radius 3 is 1.82 bits per heavy atom. The van der Waals surface area contributed by atoms with Crippen molar-refractivity contribution in [3.05, 3.63) is 148 Å². The van der Waals surface area contributed by atoms with E-state index in [1.807, 2.05) is 91.0 Å². The third-order valence-electron chi connectivity index (χ3n) is 7.07. The zero-order valence-corrected chi connectivity index (χ0v) is 21.9. The highest BCUT2D eigenvalue weighted by molar-refractivity contribution is 5.99. The molecule has 0 fully saturated rings.